The second kappa shape index (κ2) is 15.9. The summed E-state index contributed by atoms with van der Waals surface area (Å²) in [5.41, 5.74) is -2.40. The van der Waals surface area contributed by atoms with E-state index in [1.165, 1.54) is 47.0 Å². The maximum atomic E-state index is 15.6. The lowest BCUT2D eigenvalue weighted by molar-refractivity contribution is -0.141. The Morgan fingerprint density at radius 1 is 1.03 bits per heavy atom. The minimum Gasteiger partial charge on any atom is -0.481 e. The molecule has 3 aliphatic rings. The quantitative estimate of drug-likeness (QED) is 0.115. The number of fused-ring (bicyclic) bond motifs is 5. The van der Waals surface area contributed by atoms with Gasteiger partial charge in [-0.3, -0.25) is 18.9 Å². The third-order valence-electron chi connectivity index (χ3n) is 11.3. The van der Waals surface area contributed by atoms with E-state index in [4.69, 9.17) is 21.3 Å². The molecule has 6 aromatic rings. The van der Waals surface area contributed by atoms with Crippen LogP contribution in [-0.2, 0) is 53.5 Å². The van der Waals surface area contributed by atoms with E-state index in [0.717, 1.165) is 25.5 Å². The minimum absolute atomic E-state index is 0.0286. The largest absolute Gasteiger partial charge is 0.481 e. The lowest BCUT2D eigenvalue weighted by atomic mass is 9.99. The maximum Gasteiger partial charge on any atom is 0.433 e. The van der Waals surface area contributed by atoms with Gasteiger partial charge in [-0.1, -0.05) is 23.7 Å². The van der Waals surface area contributed by atoms with Gasteiger partial charge in [0.2, 0.25) is 21.8 Å². The molecule has 0 unspecified atom stereocenters. The number of aliphatic imine (C=N–C) groups is 1. The van der Waals surface area contributed by atoms with E-state index in [0.29, 0.717) is 22.4 Å². The number of aromatic nitrogens is 6. The number of anilines is 2. The van der Waals surface area contributed by atoms with Crippen molar-refractivity contribution in [2.24, 2.45) is 18.0 Å². The molecule has 14 nitrogen and oxygen atoms in total. The zero-order chi connectivity index (χ0) is 47.4. The molecule has 3 atom stereocenters. The Kier molecular flexibility index (Phi) is 10.8. The van der Waals surface area contributed by atoms with Crippen LogP contribution < -0.4 is 19.7 Å². The summed E-state index contributed by atoms with van der Waals surface area (Å²) in [6.45, 7) is -1.17. The van der Waals surface area contributed by atoms with Crippen LogP contribution in [-0.4, -0.2) is 69.1 Å². The van der Waals surface area contributed by atoms with Crippen molar-refractivity contribution in [3.63, 3.8) is 0 Å². The monoisotopic (exact) mass is 966 g/mol. The highest BCUT2D eigenvalue weighted by atomic mass is 35.5. The molecule has 9 rings (SSSR count). The number of amides is 1. The van der Waals surface area contributed by atoms with Crippen LogP contribution in [0.25, 0.3) is 22.3 Å². The van der Waals surface area contributed by atoms with Gasteiger partial charge in [0.1, 0.15) is 35.4 Å². The second-order valence-electron chi connectivity index (χ2n) is 15.9. The number of nitrogens with zero attached hydrogens (tertiary/aromatic N) is 8. The first-order chi connectivity index (χ1) is 31.0. The van der Waals surface area contributed by atoms with Crippen LogP contribution in [0.4, 0.5) is 56.7 Å². The Morgan fingerprint density at radius 2 is 1.76 bits per heavy atom. The number of nitrogens with one attached hydrogen (secondary N) is 2. The highest BCUT2D eigenvalue weighted by Gasteiger charge is 2.67. The minimum atomic E-state index is -4.90. The molecule has 66 heavy (non-hydrogen) atoms. The first kappa shape index (κ1) is 44.8. The zero-order valence-corrected chi connectivity index (χ0v) is 35.8. The van der Waals surface area contributed by atoms with Crippen LogP contribution in [0.15, 0.2) is 59.6 Å². The van der Waals surface area contributed by atoms with Gasteiger partial charge < -0.3 is 15.0 Å². The van der Waals surface area contributed by atoms with Crippen molar-refractivity contribution in [1.29, 1.82) is 0 Å². The average Bonchev–Trinajstić information content (AvgIpc) is 3.77. The van der Waals surface area contributed by atoms with Gasteiger partial charge in [0, 0.05) is 42.6 Å². The molecule has 0 radical (unpaired) electrons. The van der Waals surface area contributed by atoms with Gasteiger partial charge >= 0.3 is 6.18 Å². The fourth-order valence-electron chi connectivity index (χ4n) is 8.60. The fourth-order valence-corrected chi connectivity index (χ4v) is 9.34. The molecule has 3 aromatic heterocycles. The molecule has 0 bridgehead atoms. The van der Waals surface area contributed by atoms with Gasteiger partial charge in [0.05, 0.1) is 53.3 Å². The number of methoxy groups -OCH3 is 1. The van der Waals surface area contributed by atoms with Crippen molar-refractivity contribution in [3.8, 4) is 17.3 Å². The summed E-state index contributed by atoms with van der Waals surface area (Å²) < 4.78 is 165. The molecule has 1 saturated carbocycles. The molecule has 3 aromatic carbocycles. The predicted molar refractivity (Wildman–Crippen MR) is 220 cm³/mol. The number of aryl methyl sites for hydroxylation is 1. The summed E-state index contributed by atoms with van der Waals surface area (Å²) in [5, 5.41) is 10.9. The molecular formula is C41H32ClF9N10O4S. The van der Waals surface area contributed by atoms with Crippen LogP contribution in [0.2, 0.25) is 5.02 Å². The Bertz CT molecular complexity index is 3120. The molecule has 25 heteroatoms. The SMILES string of the molecule is COc1cc(C(F)(F)F)nc(-c2ccc3c(c2)N=C([C@H](Cc2cc(F)cc(F)c2)NC(=O)Cn2nc(C(F)F)c4c2C(F)(F)[C@@H]2C[C@H]42)N(c2ccc(Cl)c4c(NS(C)(=O)=O)nn(C)c24)C3)n1. The number of halogens is 10. The van der Waals surface area contributed by atoms with Gasteiger partial charge in [-0.25, -0.2) is 36.0 Å². The van der Waals surface area contributed by atoms with Crippen molar-refractivity contribution in [2.45, 2.75) is 56.4 Å². The summed E-state index contributed by atoms with van der Waals surface area (Å²) in [6.07, 6.45) is -7.72. The topological polar surface area (TPSA) is 162 Å². The summed E-state index contributed by atoms with van der Waals surface area (Å²) >= 11 is 6.64. The number of carbonyl (C=O) groups is 1. The standard InChI is InChI=1S/C41H32ClF9N10O4S/c1-59-34-27(7-6-24(42)32(34)38(57-59)58-66(3,63)64)60-15-19-5-4-18(37-54-28(41(49,50)51)14-30(55-37)65-2)11-25(19)53-39(60)26(10-17-8-20(43)12-21(44)9-17)52-29(62)16-61-35-31(33(56-61)36(45)46)22-13-23(22)40(35,47)48/h4-9,11-12,14,22-23,26,36H,10,13,15-16H2,1-3H3,(H,52,62)(H,57,58)/t22-,23+,26-/m0/s1. The number of ether oxygens (including phenoxy) is 1. The van der Waals surface area contributed by atoms with E-state index in [9.17, 15) is 43.9 Å². The average molecular weight is 967 g/mol. The number of rotatable bonds is 12. The molecular weight excluding hydrogens is 935 g/mol. The summed E-state index contributed by atoms with van der Waals surface area (Å²) in [4.78, 5) is 28.4. The number of hydrogen-bond acceptors (Lipinski definition) is 10. The van der Waals surface area contributed by atoms with E-state index < -0.39 is 106 Å². The lowest BCUT2D eigenvalue weighted by Crippen LogP contribution is -2.51. The predicted octanol–water partition coefficient (Wildman–Crippen LogP) is 8.18. The lowest BCUT2D eigenvalue weighted by Gasteiger charge is -2.36. The number of benzene rings is 3. The number of alkyl halides is 7. The van der Waals surface area contributed by atoms with E-state index in [1.807, 2.05) is 0 Å². The smallest absolute Gasteiger partial charge is 0.433 e. The molecule has 1 aliphatic heterocycles. The van der Waals surface area contributed by atoms with Crippen molar-refractivity contribution >= 4 is 61.5 Å². The maximum absolute atomic E-state index is 15.6. The van der Waals surface area contributed by atoms with Crippen LogP contribution in [0.5, 0.6) is 5.88 Å². The molecule has 1 amide bonds. The Morgan fingerprint density at radius 3 is 2.42 bits per heavy atom. The highest BCUT2D eigenvalue weighted by molar-refractivity contribution is 7.92. The van der Waals surface area contributed by atoms with Crippen molar-refractivity contribution in [1.82, 2.24) is 34.8 Å². The van der Waals surface area contributed by atoms with E-state index in [-0.39, 0.29) is 68.6 Å². The third kappa shape index (κ3) is 8.13. The molecule has 1 fully saturated rings. The second-order valence-corrected chi connectivity index (χ2v) is 18.1. The molecule has 0 spiro atoms. The molecule has 346 valence electrons. The first-order valence-electron chi connectivity index (χ1n) is 19.6. The zero-order valence-electron chi connectivity index (χ0n) is 34.2. The molecule has 4 heterocycles. The van der Waals surface area contributed by atoms with Gasteiger partial charge in [-0.15, -0.1) is 0 Å². The van der Waals surface area contributed by atoms with Gasteiger partial charge in [0.25, 0.3) is 12.3 Å². The summed E-state index contributed by atoms with van der Waals surface area (Å²) in [6, 6.07) is 8.89. The van der Waals surface area contributed by atoms with Gasteiger partial charge in [-0.05, 0) is 53.8 Å². The number of hydrogen-bond donors (Lipinski definition) is 2. The van der Waals surface area contributed by atoms with E-state index in [1.54, 1.807) is 0 Å². The fraction of sp³-hybridized carbons (Fsp3) is 0.317. The first-order valence-corrected chi connectivity index (χ1v) is 21.9. The number of amidine groups is 1. The van der Waals surface area contributed by atoms with Crippen LogP contribution in [0, 0.1) is 17.6 Å². The van der Waals surface area contributed by atoms with Gasteiger partial charge in [0.15, 0.2) is 17.3 Å². The summed E-state index contributed by atoms with van der Waals surface area (Å²) in [5.74, 6) is -9.84. The third-order valence-corrected chi connectivity index (χ3v) is 12.2. The van der Waals surface area contributed by atoms with Crippen LogP contribution in [0.3, 0.4) is 0 Å². The molecule has 0 saturated heterocycles. The van der Waals surface area contributed by atoms with E-state index >= 15 is 8.78 Å². The van der Waals surface area contributed by atoms with Crippen molar-refractivity contribution in [2.75, 3.05) is 23.0 Å². The van der Waals surface area contributed by atoms with Crippen molar-refractivity contribution < 1.29 is 57.5 Å². The molecule has 2 aliphatic carbocycles. The van der Waals surface area contributed by atoms with E-state index in [2.05, 4.69) is 30.2 Å². The number of carbonyl (C=O) groups excluding carboxylic acids is 1. The Labute approximate surface area is 372 Å². The molecule has 2 N–H and O–H groups in total. The normalized spacial score (nSPS) is 17.9. The van der Waals surface area contributed by atoms with Gasteiger partial charge in [-0.2, -0.15) is 37.1 Å². The Hall–Kier alpha value is -6.43. The Balaban J connectivity index is 1.21. The summed E-state index contributed by atoms with van der Waals surface area (Å²) in [7, 11) is -1.33. The number of sulfonamides is 1. The van der Waals surface area contributed by atoms with Crippen LogP contribution >= 0.6 is 11.6 Å². The van der Waals surface area contributed by atoms with Crippen LogP contribution in [0.1, 0.15) is 52.5 Å². The highest BCUT2D eigenvalue weighted by Crippen LogP contribution is 2.68. The van der Waals surface area contributed by atoms with Crippen molar-refractivity contribution in [3.05, 3.63) is 105 Å².